The molecule has 0 spiro atoms. The Labute approximate surface area is 120 Å². The molecule has 0 bridgehead atoms. The second-order valence-corrected chi connectivity index (χ2v) is 4.34. The summed E-state index contributed by atoms with van der Waals surface area (Å²) in [5.74, 6) is 0.315. The van der Waals surface area contributed by atoms with Crippen molar-refractivity contribution in [2.45, 2.75) is 6.61 Å². The maximum atomic E-state index is 10.8. The Morgan fingerprint density at radius 1 is 1.30 bits per heavy atom. The summed E-state index contributed by atoms with van der Waals surface area (Å²) in [5, 5.41) is 20.2. The number of rotatable bonds is 4. The van der Waals surface area contributed by atoms with Gasteiger partial charge in [-0.3, -0.25) is 10.1 Å². The normalized spacial score (nSPS) is 9.80. The molecule has 6 heteroatoms. The largest absolute Gasteiger partial charge is 0.489 e. The molecule has 0 radical (unpaired) electrons. The van der Waals surface area contributed by atoms with E-state index in [1.54, 1.807) is 24.3 Å². The Morgan fingerprint density at radius 2 is 2.05 bits per heavy atom. The summed E-state index contributed by atoms with van der Waals surface area (Å²) < 4.78 is 5.46. The van der Waals surface area contributed by atoms with Gasteiger partial charge in [0.15, 0.2) is 0 Å². The number of halogens is 1. The third-order valence-corrected chi connectivity index (χ3v) is 3.01. The standard InChI is InChI=1S/C14H9ClN2O3/c15-13-4-2-1-3-11(13)9-20-12-6-5-10(8-16)14(7-12)17(18)19/h1-7H,9H2. The van der Waals surface area contributed by atoms with E-state index in [2.05, 4.69) is 0 Å². The van der Waals surface area contributed by atoms with Gasteiger partial charge in [-0.25, -0.2) is 0 Å². The summed E-state index contributed by atoms with van der Waals surface area (Å²) in [5.41, 5.74) is 0.505. The quantitative estimate of drug-likeness (QED) is 0.635. The Hall–Kier alpha value is -2.58. The van der Waals surface area contributed by atoms with Gasteiger partial charge < -0.3 is 4.74 Å². The lowest BCUT2D eigenvalue weighted by Gasteiger charge is -2.07. The number of benzene rings is 2. The molecule has 0 amide bonds. The van der Waals surface area contributed by atoms with Crippen molar-refractivity contribution >= 4 is 17.3 Å². The highest BCUT2D eigenvalue weighted by Gasteiger charge is 2.15. The summed E-state index contributed by atoms with van der Waals surface area (Å²) in [4.78, 5) is 10.2. The van der Waals surface area contributed by atoms with Crippen LogP contribution >= 0.6 is 11.6 Å². The molecule has 0 aliphatic rings. The molecule has 5 nitrogen and oxygen atoms in total. The van der Waals surface area contributed by atoms with Gasteiger partial charge in [-0.15, -0.1) is 0 Å². The van der Waals surface area contributed by atoms with Crippen LogP contribution in [0.2, 0.25) is 5.02 Å². The van der Waals surface area contributed by atoms with Crippen molar-refractivity contribution in [3.63, 3.8) is 0 Å². The molecule has 100 valence electrons. The fraction of sp³-hybridized carbons (Fsp3) is 0.0714. The van der Waals surface area contributed by atoms with Crippen LogP contribution in [0.4, 0.5) is 5.69 Å². The first-order chi connectivity index (χ1) is 9.61. The molecule has 2 aromatic carbocycles. The average molecular weight is 289 g/mol. The maximum absolute atomic E-state index is 10.8. The van der Waals surface area contributed by atoms with E-state index in [1.807, 2.05) is 6.07 Å². The molecule has 0 aromatic heterocycles. The topological polar surface area (TPSA) is 76.2 Å². The van der Waals surface area contributed by atoms with Crippen molar-refractivity contribution in [1.82, 2.24) is 0 Å². The van der Waals surface area contributed by atoms with Gasteiger partial charge in [-0.1, -0.05) is 29.8 Å². The van der Waals surface area contributed by atoms with Gasteiger partial charge >= 0.3 is 0 Å². The van der Waals surface area contributed by atoms with Crippen LogP contribution in [0.25, 0.3) is 0 Å². The zero-order valence-corrected chi connectivity index (χ0v) is 11.0. The van der Waals surface area contributed by atoms with Crippen LogP contribution in [0.3, 0.4) is 0 Å². The van der Waals surface area contributed by atoms with Crippen molar-refractivity contribution in [3.8, 4) is 11.8 Å². The zero-order chi connectivity index (χ0) is 14.5. The molecule has 0 fully saturated rings. The van der Waals surface area contributed by atoms with Gasteiger partial charge in [0.1, 0.15) is 24.0 Å². The van der Waals surface area contributed by atoms with Crippen LogP contribution in [0.1, 0.15) is 11.1 Å². The maximum Gasteiger partial charge on any atom is 0.290 e. The summed E-state index contributed by atoms with van der Waals surface area (Å²) in [6.07, 6.45) is 0. The van der Waals surface area contributed by atoms with Gasteiger partial charge in [0.05, 0.1) is 11.0 Å². The van der Waals surface area contributed by atoms with E-state index in [9.17, 15) is 10.1 Å². The van der Waals surface area contributed by atoms with Crippen LogP contribution in [-0.4, -0.2) is 4.92 Å². The lowest BCUT2D eigenvalue weighted by Crippen LogP contribution is -1.98. The molecule has 0 saturated heterocycles. The van der Waals surface area contributed by atoms with Gasteiger partial charge in [-0.2, -0.15) is 5.26 Å². The third-order valence-electron chi connectivity index (χ3n) is 2.64. The fourth-order valence-electron chi connectivity index (χ4n) is 1.62. The van der Waals surface area contributed by atoms with Gasteiger partial charge in [-0.05, 0) is 18.2 Å². The molecule has 0 N–H and O–H groups in total. The molecular formula is C14H9ClN2O3. The van der Waals surface area contributed by atoms with Gasteiger partial charge in [0.25, 0.3) is 5.69 Å². The predicted octanol–water partition coefficient (Wildman–Crippen LogP) is 3.70. The summed E-state index contributed by atoms with van der Waals surface area (Å²) in [7, 11) is 0. The first-order valence-corrected chi connectivity index (χ1v) is 6.04. The second-order valence-electron chi connectivity index (χ2n) is 3.93. The molecule has 20 heavy (non-hydrogen) atoms. The summed E-state index contributed by atoms with van der Waals surface area (Å²) >= 11 is 5.99. The fourth-order valence-corrected chi connectivity index (χ4v) is 1.81. The average Bonchev–Trinajstić information content (AvgIpc) is 2.46. The highest BCUT2D eigenvalue weighted by Crippen LogP contribution is 2.25. The van der Waals surface area contributed by atoms with E-state index in [0.29, 0.717) is 10.8 Å². The van der Waals surface area contributed by atoms with Gasteiger partial charge in [0, 0.05) is 10.6 Å². The van der Waals surface area contributed by atoms with Crippen LogP contribution in [0, 0.1) is 21.4 Å². The summed E-state index contributed by atoms with van der Waals surface area (Å²) in [6, 6.07) is 13.1. The molecular weight excluding hydrogens is 280 g/mol. The van der Waals surface area contributed by atoms with Crippen molar-refractivity contribution in [3.05, 3.63) is 68.7 Å². The highest BCUT2D eigenvalue weighted by molar-refractivity contribution is 6.31. The van der Waals surface area contributed by atoms with Crippen LogP contribution < -0.4 is 4.74 Å². The van der Waals surface area contributed by atoms with E-state index in [0.717, 1.165) is 5.56 Å². The molecule has 0 saturated carbocycles. The Balaban J connectivity index is 2.19. The molecule has 0 atom stereocenters. The van der Waals surface area contributed by atoms with E-state index in [1.165, 1.54) is 18.2 Å². The van der Waals surface area contributed by atoms with Gasteiger partial charge in [0.2, 0.25) is 0 Å². The lowest BCUT2D eigenvalue weighted by molar-refractivity contribution is -0.385. The molecule has 2 aromatic rings. The monoisotopic (exact) mass is 288 g/mol. The van der Waals surface area contributed by atoms with E-state index < -0.39 is 4.92 Å². The van der Waals surface area contributed by atoms with Crippen molar-refractivity contribution in [1.29, 1.82) is 5.26 Å². The minimum Gasteiger partial charge on any atom is -0.489 e. The third kappa shape index (κ3) is 3.05. The van der Waals surface area contributed by atoms with Crippen LogP contribution in [0.5, 0.6) is 5.75 Å². The SMILES string of the molecule is N#Cc1ccc(OCc2ccccc2Cl)cc1[N+](=O)[O-]. The summed E-state index contributed by atoms with van der Waals surface area (Å²) in [6.45, 7) is 0.197. The first kappa shape index (κ1) is 13.8. The molecule has 2 rings (SSSR count). The first-order valence-electron chi connectivity index (χ1n) is 5.66. The number of ether oxygens (including phenoxy) is 1. The van der Waals surface area contributed by atoms with Crippen LogP contribution in [-0.2, 0) is 6.61 Å². The lowest BCUT2D eigenvalue weighted by atomic mass is 10.2. The second kappa shape index (κ2) is 6.04. The highest BCUT2D eigenvalue weighted by atomic mass is 35.5. The van der Waals surface area contributed by atoms with Crippen molar-refractivity contribution < 1.29 is 9.66 Å². The van der Waals surface area contributed by atoms with E-state index in [4.69, 9.17) is 21.6 Å². The Kier molecular flexibility index (Phi) is 4.18. The van der Waals surface area contributed by atoms with Crippen molar-refractivity contribution in [2.24, 2.45) is 0 Å². The zero-order valence-electron chi connectivity index (χ0n) is 10.2. The van der Waals surface area contributed by atoms with E-state index in [-0.39, 0.29) is 17.9 Å². The molecule has 0 unspecified atom stereocenters. The molecule has 0 aliphatic heterocycles. The predicted molar refractivity (Wildman–Crippen MR) is 73.6 cm³/mol. The number of nitriles is 1. The number of nitrogens with zero attached hydrogens (tertiary/aromatic N) is 2. The minimum atomic E-state index is -0.610. The minimum absolute atomic E-state index is 0.0000866. The number of hydrogen-bond acceptors (Lipinski definition) is 4. The Bertz CT molecular complexity index is 695. The number of hydrogen-bond donors (Lipinski definition) is 0. The molecule has 0 heterocycles. The smallest absolute Gasteiger partial charge is 0.290 e. The number of nitro groups is 1. The van der Waals surface area contributed by atoms with Crippen molar-refractivity contribution in [2.75, 3.05) is 0 Å². The van der Waals surface area contributed by atoms with E-state index >= 15 is 0 Å². The van der Waals surface area contributed by atoms with Crippen LogP contribution in [0.15, 0.2) is 42.5 Å². The number of nitro benzene ring substituents is 1. The molecule has 0 aliphatic carbocycles. The Morgan fingerprint density at radius 3 is 2.70 bits per heavy atom.